The van der Waals surface area contributed by atoms with Gasteiger partial charge in [0.15, 0.2) is 0 Å². The Morgan fingerprint density at radius 3 is 2.68 bits per heavy atom. The maximum absolute atomic E-state index is 12.4. The molecule has 1 heterocycles. The fourth-order valence-electron chi connectivity index (χ4n) is 2.47. The fourth-order valence-corrected chi connectivity index (χ4v) is 3.63. The van der Waals surface area contributed by atoms with Crippen LogP contribution in [0.1, 0.15) is 46.9 Å². The number of hydrogen-bond donors (Lipinski definition) is 1. The normalized spacial score (nSPS) is 10.9. The van der Waals surface area contributed by atoms with Crippen molar-refractivity contribution in [3.05, 3.63) is 51.8 Å². The molecule has 2 rings (SSSR count). The quantitative estimate of drug-likeness (QED) is 0.647. The first-order valence-corrected chi connectivity index (χ1v) is 10.2. The van der Waals surface area contributed by atoms with Crippen LogP contribution >= 0.6 is 23.4 Å². The van der Waals surface area contributed by atoms with E-state index >= 15 is 0 Å². The summed E-state index contributed by atoms with van der Waals surface area (Å²) in [6, 6.07) is 8.54. The van der Waals surface area contributed by atoms with Crippen LogP contribution < -0.4 is 5.32 Å². The first kappa shape index (κ1) is 19.9. The molecule has 0 unspecified atom stereocenters. The first-order valence-electron chi connectivity index (χ1n) is 8.67. The Balaban J connectivity index is 1.78. The second-order valence-corrected chi connectivity index (χ2v) is 7.59. The number of aryl methyl sites for hydroxylation is 3. The van der Waals surface area contributed by atoms with E-state index in [2.05, 4.69) is 48.5 Å². The summed E-state index contributed by atoms with van der Waals surface area (Å²) in [5.74, 6) is 1.67. The zero-order valence-corrected chi connectivity index (χ0v) is 16.7. The van der Waals surface area contributed by atoms with Crippen molar-refractivity contribution in [1.29, 1.82) is 0 Å². The van der Waals surface area contributed by atoms with Crippen LogP contribution in [0.2, 0.25) is 5.15 Å². The molecular weight excluding hydrogens is 354 g/mol. The highest BCUT2D eigenvalue weighted by atomic mass is 35.5. The lowest BCUT2D eigenvalue weighted by Gasteiger charge is -2.06. The maximum Gasteiger partial charge on any atom is 0.256 e. The molecule has 1 aromatic heterocycles. The van der Waals surface area contributed by atoms with E-state index in [1.54, 1.807) is 16.4 Å². The van der Waals surface area contributed by atoms with E-state index in [1.807, 2.05) is 6.92 Å². The smallest absolute Gasteiger partial charge is 0.256 e. The van der Waals surface area contributed by atoms with Gasteiger partial charge in [0, 0.05) is 24.6 Å². The zero-order chi connectivity index (χ0) is 18.2. The van der Waals surface area contributed by atoms with Gasteiger partial charge in [-0.05, 0) is 25.8 Å². The molecule has 25 heavy (non-hydrogen) atoms. The van der Waals surface area contributed by atoms with Gasteiger partial charge in [0.2, 0.25) is 0 Å². The van der Waals surface area contributed by atoms with E-state index in [0.717, 1.165) is 30.9 Å². The van der Waals surface area contributed by atoms with E-state index in [-0.39, 0.29) is 5.91 Å². The summed E-state index contributed by atoms with van der Waals surface area (Å²) in [4.78, 5) is 12.4. The minimum atomic E-state index is -0.138. The van der Waals surface area contributed by atoms with Crippen molar-refractivity contribution >= 4 is 29.3 Å². The number of nitrogens with one attached hydrogen (secondary N) is 1. The molecule has 0 spiro atoms. The number of nitrogens with zero attached hydrogens (tertiary/aromatic N) is 2. The number of amides is 1. The van der Waals surface area contributed by atoms with Crippen molar-refractivity contribution in [2.45, 2.75) is 45.9 Å². The number of rotatable bonds is 9. The van der Waals surface area contributed by atoms with Crippen molar-refractivity contribution in [2.75, 3.05) is 12.3 Å². The molecule has 0 aliphatic heterocycles. The van der Waals surface area contributed by atoms with Gasteiger partial charge in [-0.1, -0.05) is 54.8 Å². The van der Waals surface area contributed by atoms with Crippen molar-refractivity contribution in [1.82, 2.24) is 15.1 Å². The minimum absolute atomic E-state index is 0.138. The third kappa shape index (κ3) is 5.79. The highest BCUT2D eigenvalue weighted by Crippen LogP contribution is 2.20. The van der Waals surface area contributed by atoms with E-state index in [1.165, 1.54) is 11.1 Å². The number of thioether (sulfide) groups is 1. The number of unbranched alkanes of at least 4 members (excludes halogenated alkanes) is 1. The van der Waals surface area contributed by atoms with Crippen molar-refractivity contribution < 1.29 is 4.79 Å². The summed E-state index contributed by atoms with van der Waals surface area (Å²) in [5.41, 5.74) is 3.76. The van der Waals surface area contributed by atoms with Gasteiger partial charge in [0.05, 0.1) is 11.3 Å². The lowest BCUT2D eigenvalue weighted by molar-refractivity contribution is 0.0955. The number of benzene rings is 1. The maximum atomic E-state index is 12.4. The molecule has 4 nitrogen and oxygen atoms in total. The average molecular weight is 380 g/mol. The zero-order valence-electron chi connectivity index (χ0n) is 15.1. The standard InChI is InChI=1S/C19H26ClN3OS/c1-4-5-11-23-18(20)17(15(3)22-23)19(24)21-10-12-25-13-16-8-6-14(2)7-9-16/h6-9H,4-5,10-13H2,1-3H3,(H,21,24). The Labute approximate surface area is 159 Å². The summed E-state index contributed by atoms with van der Waals surface area (Å²) >= 11 is 8.13. The number of aromatic nitrogens is 2. The second-order valence-electron chi connectivity index (χ2n) is 6.12. The van der Waals surface area contributed by atoms with E-state index in [9.17, 15) is 4.79 Å². The number of halogens is 1. The molecule has 0 saturated carbocycles. The molecule has 1 amide bonds. The second kappa shape index (κ2) is 9.88. The Kier molecular flexibility index (Phi) is 7.85. The van der Waals surface area contributed by atoms with Crippen LogP contribution in [-0.2, 0) is 12.3 Å². The Morgan fingerprint density at radius 2 is 2.00 bits per heavy atom. The molecule has 0 aliphatic carbocycles. The van der Waals surface area contributed by atoms with Gasteiger partial charge in [0.1, 0.15) is 5.15 Å². The average Bonchev–Trinajstić information content (AvgIpc) is 2.88. The fraction of sp³-hybridized carbons (Fsp3) is 0.474. The molecule has 0 atom stereocenters. The third-order valence-corrected chi connectivity index (χ3v) is 5.35. The summed E-state index contributed by atoms with van der Waals surface area (Å²) in [6.45, 7) is 7.40. The van der Waals surface area contributed by atoms with Crippen molar-refractivity contribution in [3.8, 4) is 0 Å². The predicted molar refractivity (Wildman–Crippen MR) is 107 cm³/mol. The van der Waals surface area contributed by atoms with E-state index < -0.39 is 0 Å². The van der Waals surface area contributed by atoms with Gasteiger partial charge in [-0.2, -0.15) is 16.9 Å². The predicted octanol–water partition coefficient (Wildman–Crippen LogP) is 4.62. The molecule has 1 N–H and O–H groups in total. The molecular formula is C19H26ClN3OS. The molecule has 0 aliphatic rings. The van der Waals surface area contributed by atoms with Gasteiger partial charge >= 0.3 is 0 Å². The number of carbonyl (C=O) groups excluding carboxylic acids is 1. The van der Waals surface area contributed by atoms with Gasteiger partial charge in [0.25, 0.3) is 5.91 Å². The van der Waals surface area contributed by atoms with E-state index in [4.69, 9.17) is 11.6 Å². The highest BCUT2D eigenvalue weighted by molar-refractivity contribution is 7.98. The van der Waals surface area contributed by atoms with E-state index in [0.29, 0.717) is 23.0 Å². The topological polar surface area (TPSA) is 46.9 Å². The van der Waals surface area contributed by atoms with Gasteiger partial charge in [-0.3, -0.25) is 9.48 Å². The SMILES string of the molecule is CCCCn1nc(C)c(C(=O)NCCSCc2ccc(C)cc2)c1Cl. The molecule has 2 aromatic rings. The highest BCUT2D eigenvalue weighted by Gasteiger charge is 2.19. The number of hydrogen-bond acceptors (Lipinski definition) is 3. The van der Waals surface area contributed by atoms with Crippen LogP contribution in [0.15, 0.2) is 24.3 Å². The van der Waals surface area contributed by atoms with Crippen LogP contribution in [0.3, 0.4) is 0 Å². The third-order valence-electron chi connectivity index (χ3n) is 3.94. The molecule has 0 radical (unpaired) electrons. The molecule has 6 heteroatoms. The molecule has 0 saturated heterocycles. The summed E-state index contributed by atoms with van der Waals surface area (Å²) in [5, 5.41) is 7.77. The Hall–Kier alpha value is -1.46. The van der Waals surface area contributed by atoms with Gasteiger partial charge < -0.3 is 5.32 Å². The summed E-state index contributed by atoms with van der Waals surface area (Å²) in [7, 11) is 0. The summed E-state index contributed by atoms with van der Waals surface area (Å²) in [6.07, 6.45) is 2.06. The van der Waals surface area contributed by atoms with Crippen LogP contribution in [0.25, 0.3) is 0 Å². The minimum Gasteiger partial charge on any atom is -0.351 e. The monoisotopic (exact) mass is 379 g/mol. The van der Waals surface area contributed by atoms with Crippen LogP contribution in [0.5, 0.6) is 0 Å². The van der Waals surface area contributed by atoms with Crippen molar-refractivity contribution in [2.24, 2.45) is 0 Å². The van der Waals surface area contributed by atoms with Gasteiger partial charge in [-0.15, -0.1) is 0 Å². The molecule has 136 valence electrons. The molecule has 0 fully saturated rings. The van der Waals surface area contributed by atoms with Crippen LogP contribution in [0, 0.1) is 13.8 Å². The molecule has 1 aromatic carbocycles. The summed E-state index contributed by atoms with van der Waals surface area (Å²) < 4.78 is 1.72. The van der Waals surface area contributed by atoms with Crippen LogP contribution in [-0.4, -0.2) is 28.0 Å². The lowest BCUT2D eigenvalue weighted by atomic mass is 10.2. The van der Waals surface area contributed by atoms with Crippen molar-refractivity contribution in [3.63, 3.8) is 0 Å². The van der Waals surface area contributed by atoms with Crippen LogP contribution in [0.4, 0.5) is 0 Å². The van der Waals surface area contributed by atoms with Gasteiger partial charge in [-0.25, -0.2) is 0 Å². The lowest BCUT2D eigenvalue weighted by Crippen LogP contribution is -2.26. The largest absolute Gasteiger partial charge is 0.351 e. The molecule has 0 bridgehead atoms. The Bertz CT molecular complexity index is 697. The Morgan fingerprint density at radius 1 is 1.28 bits per heavy atom. The number of carbonyl (C=O) groups is 1. The first-order chi connectivity index (χ1) is 12.0.